The fourth-order valence-electron chi connectivity index (χ4n) is 7.46. The summed E-state index contributed by atoms with van der Waals surface area (Å²) in [6, 6.07) is 0. The zero-order chi connectivity index (χ0) is 57.0. The number of hydrogen-bond acceptors (Lipinski definition) is 8. The number of hydrogen-bond donors (Lipinski definition) is 0. The molecule has 0 N–H and O–H groups in total. The molecule has 0 fully saturated rings. The second-order valence-electron chi connectivity index (χ2n) is 20.6. The molecule has 0 rings (SSSR count). The maximum absolute atomic E-state index is 12.8. The van der Waals surface area contributed by atoms with E-state index in [0.29, 0.717) is 23.9 Å². The van der Waals surface area contributed by atoms with Crippen molar-refractivity contribution in [3.63, 3.8) is 0 Å². The molecule has 0 aromatic heterocycles. The molecule has 0 saturated heterocycles. The zero-order valence-corrected chi connectivity index (χ0v) is 50.7. The number of allylic oxidation sites excluding steroid dienone is 26. The summed E-state index contributed by atoms with van der Waals surface area (Å²) in [6.07, 6.45) is 85.7. The molecule has 0 aliphatic carbocycles. The molecule has 0 aromatic carbocycles. The Morgan fingerprint density at radius 2 is 0.692 bits per heavy atom. The highest BCUT2D eigenvalue weighted by atomic mass is 31.2. The molecule has 78 heavy (non-hydrogen) atoms. The number of carbonyl (C=O) groups excluding carboxylic acids is 2. The molecule has 0 aliphatic heterocycles. The Morgan fingerprint density at radius 3 is 1.03 bits per heavy atom. The predicted molar refractivity (Wildman–Crippen MR) is 332 cm³/mol. The number of ether oxygens (including phenoxy) is 2. The van der Waals surface area contributed by atoms with Crippen molar-refractivity contribution in [3.05, 3.63) is 158 Å². The number of nitrogens with zero attached hydrogens (tertiary/aromatic N) is 1. The third-order valence-corrected chi connectivity index (χ3v) is 13.0. The molecule has 9 nitrogen and oxygen atoms in total. The molecule has 440 valence electrons. The monoisotopic (exact) mass is 1100 g/mol. The van der Waals surface area contributed by atoms with E-state index in [1.165, 1.54) is 25.7 Å². The topological polar surface area (TPSA) is 111 Å². The van der Waals surface area contributed by atoms with Crippen LogP contribution in [0.25, 0.3) is 0 Å². The molecule has 0 spiro atoms. The average molecular weight is 1100 g/mol. The van der Waals surface area contributed by atoms with Gasteiger partial charge in [-0.05, 0) is 122 Å². The van der Waals surface area contributed by atoms with E-state index in [1.807, 2.05) is 21.1 Å². The van der Waals surface area contributed by atoms with Crippen LogP contribution >= 0.6 is 7.82 Å². The molecular formula is C68H110NO8P. The van der Waals surface area contributed by atoms with E-state index in [-0.39, 0.29) is 26.1 Å². The Kier molecular flexibility index (Phi) is 54.1. The van der Waals surface area contributed by atoms with Gasteiger partial charge < -0.3 is 27.9 Å². The number of quaternary nitrogens is 1. The van der Waals surface area contributed by atoms with Crippen molar-refractivity contribution in [1.29, 1.82) is 0 Å². The molecule has 2 unspecified atom stereocenters. The van der Waals surface area contributed by atoms with Gasteiger partial charge in [-0.2, -0.15) is 0 Å². The largest absolute Gasteiger partial charge is 0.756 e. The van der Waals surface area contributed by atoms with E-state index >= 15 is 0 Å². The molecule has 0 aliphatic rings. The summed E-state index contributed by atoms with van der Waals surface area (Å²) >= 11 is 0. The lowest BCUT2D eigenvalue weighted by molar-refractivity contribution is -0.870. The van der Waals surface area contributed by atoms with Crippen LogP contribution in [0, 0.1) is 0 Å². The van der Waals surface area contributed by atoms with Crippen molar-refractivity contribution >= 4 is 19.8 Å². The minimum atomic E-state index is -4.66. The van der Waals surface area contributed by atoms with Crippen LogP contribution in [-0.2, 0) is 32.7 Å². The van der Waals surface area contributed by atoms with E-state index in [2.05, 4.69) is 172 Å². The van der Waals surface area contributed by atoms with Gasteiger partial charge in [0.1, 0.15) is 19.8 Å². The number of likely N-dealkylation sites (N-methyl/N-ethyl adjacent to an activating group) is 1. The average Bonchev–Trinajstić information content (AvgIpc) is 3.41. The Labute approximate surface area is 477 Å². The lowest BCUT2D eigenvalue weighted by Crippen LogP contribution is -2.37. The summed E-state index contributed by atoms with van der Waals surface area (Å²) in [7, 11) is 1.12. The smallest absolute Gasteiger partial charge is 0.306 e. The van der Waals surface area contributed by atoms with Crippen LogP contribution in [0.5, 0.6) is 0 Å². The summed E-state index contributed by atoms with van der Waals surface area (Å²) in [5.41, 5.74) is 0. The molecule has 2 atom stereocenters. The highest BCUT2D eigenvalue weighted by Crippen LogP contribution is 2.38. The van der Waals surface area contributed by atoms with Gasteiger partial charge in [0.2, 0.25) is 0 Å². The SMILES string of the molecule is CC/C=C\C/C=C\C/C=C\C/C=C\C/C=C\C/C=C\C/C=C\CCCCCCCC(=O)OC(COC(=O)CCCCCCCCCC/C=C\C/C=C\C/C=C\C/C=C\C/C=C\C/C=C\CC)COP(=O)([O-])OCC[N+](C)(C)C. The maximum Gasteiger partial charge on any atom is 0.306 e. The number of phosphoric ester groups is 1. The second-order valence-corrected chi connectivity index (χ2v) is 22.0. The van der Waals surface area contributed by atoms with Gasteiger partial charge in [0.25, 0.3) is 7.82 Å². The summed E-state index contributed by atoms with van der Waals surface area (Å²) in [6.45, 7) is 3.95. The minimum Gasteiger partial charge on any atom is -0.756 e. The van der Waals surface area contributed by atoms with E-state index in [9.17, 15) is 19.0 Å². The van der Waals surface area contributed by atoms with E-state index in [0.717, 1.165) is 141 Å². The van der Waals surface area contributed by atoms with Crippen LogP contribution in [-0.4, -0.2) is 70.0 Å². The van der Waals surface area contributed by atoms with Crippen LogP contribution in [0.15, 0.2) is 158 Å². The van der Waals surface area contributed by atoms with Crippen LogP contribution in [0.4, 0.5) is 0 Å². The normalized spacial score (nSPS) is 14.4. The highest BCUT2D eigenvalue weighted by molar-refractivity contribution is 7.45. The molecular weight excluding hydrogens is 990 g/mol. The van der Waals surface area contributed by atoms with Crippen molar-refractivity contribution in [2.24, 2.45) is 0 Å². The fraction of sp³-hybridized carbons (Fsp3) is 0.588. The lowest BCUT2D eigenvalue weighted by Gasteiger charge is -2.28. The van der Waals surface area contributed by atoms with Crippen molar-refractivity contribution in [1.82, 2.24) is 0 Å². The first-order valence-corrected chi connectivity index (χ1v) is 31.7. The van der Waals surface area contributed by atoms with Gasteiger partial charge in [0.05, 0.1) is 27.7 Å². The van der Waals surface area contributed by atoms with Crippen LogP contribution < -0.4 is 4.89 Å². The number of phosphoric acid groups is 1. The van der Waals surface area contributed by atoms with Crippen molar-refractivity contribution in [2.45, 2.75) is 213 Å². The Bertz CT molecular complexity index is 1870. The van der Waals surface area contributed by atoms with Gasteiger partial charge in [-0.3, -0.25) is 14.2 Å². The molecule has 0 bridgehead atoms. The van der Waals surface area contributed by atoms with Crippen molar-refractivity contribution in [3.8, 4) is 0 Å². The molecule has 0 radical (unpaired) electrons. The Morgan fingerprint density at radius 1 is 0.397 bits per heavy atom. The summed E-state index contributed by atoms with van der Waals surface area (Å²) in [5, 5.41) is 0. The minimum absolute atomic E-state index is 0.0462. The summed E-state index contributed by atoms with van der Waals surface area (Å²) < 4.78 is 34.2. The first-order valence-electron chi connectivity index (χ1n) is 30.2. The van der Waals surface area contributed by atoms with E-state index < -0.39 is 32.5 Å². The van der Waals surface area contributed by atoms with Crippen LogP contribution in [0.3, 0.4) is 0 Å². The van der Waals surface area contributed by atoms with Gasteiger partial charge >= 0.3 is 11.9 Å². The highest BCUT2D eigenvalue weighted by Gasteiger charge is 2.21. The Hall–Kier alpha value is -4.37. The van der Waals surface area contributed by atoms with Crippen molar-refractivity contribution < 1.29 is 42.1 Å². The summed E-state index contributed by atoms with van der Waals surface area (Å²) in [5.74, 6) is -0.879. The molecule has 0 saturated carbocycles. The number of esters is 2. The number of unbranched alkanes of at least 4 members (excludes halogenated alkanes) is 13. The Balaban J connectivity index is 4.28. The maximum atomic E-state index is 12.8. The lowest BCUT2D eigenvalue weighted by atomic mass is 10.1. The van der Waals surface area contributed by atoms with E-state index in [4.69, 9.17) is 18.5 Å². The van der Waals surface area contributed by atoms with Crippen LogP contribution in [0.2, 0.25) is 0 Å². The zero-order valence-electron chi connectivity index (χ0n) is 49.8. The molecule has 0 heterocycles. The number of rotatable bonds is 53. The third-order valence-electron chi connectivity index (χ3n) is 12.0. The molecule has 10 heteroatoms. The van der Waals surface area contributed by atoms with Gasteiger partial charge in [-0.15, -0.1) is 0 Å². The van der Waals surface area contributed by atoms with Gasteiger partial charge in [-0.25, -0.2) is 0 Å². The fourth-order valence-corrected chi connectivity index (χ4v) is 8.19. The standard InChI is InChI=1S/C68H110NO8P/c1-6-8-10-12-14-16-18-20-22-24-26-28-30-32-34-36-38-40-42-44-46-48-50-52-54-56-58-60-67(70)74-64-66(65-76-78(72,73)75-63-62-69(3,4)5)77-68(71)61-59-57-55-53-51-49-47-45-43-41-39-37-35-33-31-29-27-25-23-21-19-17-15-13-11-9-7-2/h8-11,14-17,20-23,26-29,32-35,38-41,45,47,66H,6-7,12-13,18-19,24-25,30-31,36-37,42-44,46,48-65H2,1-5H3/b10-8-,11-9-,16-14-,17-15-,22-20-,23-21-,28-26-,29-27-,34-32-,35-33-,40-38-,41-39-,47-45-. The third kappa shape index (κ3) is 60.9. The number of carbonyl (C=O) groups is 2. The second kappa shape index (κ2) is 57.3. The van der Waals surface area contributed by atoms with Crippen LogP contribution in [0.1, 0.15) is 206 Å². The van der Waals surface area contributed by atoms with Gasteiger partial charge in [0, 0.05) is 12.8 Å². The van der Waals surface area contributed by atoms with E-state index in [1.54, 1.807) is 0 Å². The summed E-state index contributed by atoms with van der Waals surface area (Å²) in [4.78, 5) is 37.9. The quantitative estimate of drug-likeness (QED) is 0.0195. The first kappa shape index (κ1) is 73.6. The molecule has 0 aromatic rings. The van der Waals surface area contributed by atoms with Gasteiger partial charge in [0.15, 0.2) is 6.10 Å². The van der Waals surface area contributed by atoms with Crippen molar-refractivity contribution in [2.75, 3.05) is 47.5 Å². The van der Waals surface area contributed by atoms with Gasteiger partial charge in [-0.1, -0.05) is 230 Å². The first-order chi connectivity index (χ1) is 38.0. The molecule has 0 amide bonds. The predicted octanol–water partition coefficient (Wildman–Crippen LogP) is 18.6.